The number of rotatable bonds is 1. The monoisotopic (exact) mass is 289 g/mol. The van der Waals surface area contributed by atoms with Gasteiger partial charge in [0.05, 0.1) is 11.1 Å². The summed E-state index contributed by atoms with van der Waals surface area (Å²) in [6, 6.07) is 9.76. The number of benzene rings is 2. The first-order valence-electron chi connectivity index (χ1n) is 5.46. The lowest BCUT2D eigenvalue weighted by Crippen LogP contribution is -2.14. The Bertz CT molecular complexity index is 563. The van der Waals surface area contributed by atoms with Crippen LogP contribution < -0.4 is 0 Å². The first-order valence-corrected chi connectivity index (χ1v) is 5.46. The molecular formula is C14H7F6. The Kier molecular flexibility index (Phi) is 3.50. The van der Waals surface area contributed by atoms with E-state index in [0.717, 1.165) is 0 Å². The molecule has 0 amide bonds. The zero-order chi connectivity index (χ0) is 15.0. The Hall–Kier alpha value is -1.98. The molecule has 2 aromatic carbocycles. The molecule has 2 aromatic rings. The Morgan fingerprint density at radius 2 is 1.35 bits per heavy atom. The summed E-state index contributed by atoms with van der Waals surface area (Å²) >= 11 is 0. The van der Waals surface area contributed by atoms with Gasteiger partial charge in [0.2, 0.25) is 0 Å². The van der Waals surface area contributed by atoms with Gasteiger partial charge in [-0.15, -0.1) is 0 Å². The second kappa shape index (κ2) is 4.85. The van der Waals surface area contributed by atoms with Gasteiger partial charge in [0.1, 0.15) is 0 Å². The predicted octanol–water partition coefficient (Wildman–Crippen LogP) is 5.19. The van der Waals surface area contributed by atoms with Crippen LogP contribution in [0.2, 0.25) is 0 Å². The van der Waals surface area contributed by atoms with Gasteiger partial charge < -0.3 is 0 Å². The molecule has 0 saturated heterocycles. The van der Waals surface area contributed by atoms with Crippen LogP contribution in [0.1, 0.15) is 11.1 Å². The first kappa shape index (κ1) is 14.4. The van der Waals surface area contributed by atoms with Gasteiger partial charge in [-0.25, -0.2) is 0 Å². The highest BCUT2D eigenvalue weighted by Crippen LogP contribution is 2.43. The fourth-order valence-corrected chi connectivity index (χ4v) is 1.86. The minimum atomic E-state index is -4.91. The van der Waals surface area contributed by atoms with E-state index < -0.39 is 29.0 Å². The van der Waals surface area contributed by atoms with Gasteiger partial charge >= 0.3 is 12.4 Å². The van der Waals surface area contributed by atoms with Crippen LogP contribution in [0, 0.1) is 6.07 Å². The molecule has 0 saturated carbocycles. The second-order valence-electron chi connectivity index (χ2n) is 4.00. The van der Waals surface area contributed by atoms with Crippen LogP contribution in [-0.4, -0.2) is 0 Å². The van der Waals surface area contributed by atoms with Crippen LogP contribution in [0.5, 0.6) is 0 Å². The maximum atomic E-state index is 12.9. The van der Waals surface area contributed by atoms with Gasteiger partial charge in [-0.1, -0.05) is 36.4 Å². The molecule has 0 nitrogen and oxygen atoms in total. The summed E-state index contributed by atoms with van der Waals surface area (Å²) in [4.78, 5) is 0. The van der Waals surface area contributed by atoms with Gasteiger partial charge in [0.25, 0.3) is 0 Å². The van der Waals surface area contributed by atoms with E-state index in [4.69, 9.17) is 0 Å². The van der Waals surface area contributed by atoms with Crippen molar-refractivity contribution in [3.63, 3.8) is 0 Å². The molecule has 0 aliphatic carbocycles. The molecular weight excluding hydrogens is 282 g/mol. The fourth-order valence-electron chi connectivity index (χ4n) is 1.86. The van der Waals surface area contributed by atoms with E-state index in [-0.39, 0.29) is 5.56 Å². The number of halogens is 6. The molecule has 0 bridgehead atoms. The maximum absolute atomic E-state index is 12.9. The highest BCUT2D eigenvalue weighted by molar-refractivity contribution is 5.72. The molecule has 0 aromatic heterocycles. The summed E-state index contributed by atoms with van der Waals surface area (Å²) in [6.07, 6.45) is -9.79. The first-order chi connectivity index (χ1) is 9.21. The van der Waals surface area contributed by atoms with Crippen molar-refractivity contribution in [3.8, 4) is 11.1 Å². The third-order valence-corrected chi connectivity index (χ3v) is 2.65. The van der Waals surface area contributed by atoms with Crippen molar-refractivity contribution in [1.82, 2.24) is 0 Å². The van der Waals surface area contributed by atoms with Gasteiger partial charge in [-0.2, -0.15) is 26.3 Å². The van der Waals surface area contributed by atoms with Crippen molar-refractivity contribution >= 4 is 0 Å². The minimum Gasteiger partial charge on any atom is -0.166 e. The summed E-state index contributed by atoms with van der Waals surface area (Å²) < 4.78 is 77.5. The van der Waals surface area contributed by atoms with Crippen molar-refractivity contribution in [2.45, 2.75) is 12.4 Å². The van der Waals surface area contributed by atoms with E-state index in [9.17, 15) is 26.3 Å². The average molecular weight is 289 g/mol. The van der Waals surface area contributed by atoms with E-state index in [2.05, 4.69) is 0 Å². The zero-order valence-corrected chi connectivity index (χ0v) is 9.81. The molecule has 0 unspecified atom stereocenters. The molecule has 2 rings (SSSR count). The van der Waals surface area contributed by atoms with Crippen LogP contribution in [-0.2, 0) is 12.4 Å². The molecule has 0 N–H and O–H groups in total. The van der Waals surface area contributed by atoms with Crippen molar-refractivity contribution in [1.29, 1.82) is 0 Å². The van der Waals surface area contributed by atoms with Crippen molar-refractivity contribution in [3.05, 3.63) is 59.7 Å². The lowest BCUT2D eigenvalue weighted by Gasteiger charge is -2.18. The lowest BCUT2D eigenvalue weighted by atomic mass is 9.93. The number of alkyl halides is 6. The summed E-state index contributed by atoms with van der Waals surface area (Å²) in [6.45, 7) is 0. The summed E-state index contributed by atoms with van der Waals surface area (Å²) in [5, 5.41) is 0. The fraction of sp³-hybridized carbons (Fsp3) is 0.143. The van der Waals surface area contributed by atoms with Gasteiger partial charge in [-0.3, -0.25) is 0 Å². The Labute approximate surface area is 110 Å². The molecule has 0 heterocycles. The maximum Gasteiger partial charge on any atom is 0.417 e. The smallest absolute Gasteiger partial charge is 0.166 e. The van der Waals surface area contributed by atoms with E-state index in [1.807, 2.05) is 6.07 Å². The SMILES string of the molecule is FC(F)(F)c1[c]ccc(C(F)(F)F)c1-c1ccccc1. The molecule has 0 aliphatic rings. The highest BCUT2D eigenvalue weighted by atomic mass is 19.4. The van der Waals surface area contributed by atoms with Crippen LogP contribution >= 0.6 is 0 Å². The highest BCUT2D eigenvalue weighted by Gasteiger charge is 2.40. The summed E-state index contributed by atoms with van der Waals surface area (Å²) in [5.41, 5.74) is -3.79. The van der Waals surface area contributed by atoms with Crippen molar-refractivity contribution in [2.24, 2.45) is 0 Å². The molecule has 0 aliphatic heterocycles. The summed E-state index contributed by atoms with van der Waals surface area (Å²) in [5.74, 6) is 0. The van der Waals surface area contributed by atoms with E-state index in [1.165, 1.54) is 30.3 Å². The van der Waals surface area contributed by atoms with E-state index in [0.29, 0.717) is 12.1 Å². The van der Waals surface area contributed by atoms with E-state index >= 15 is 0 Å². The third kappa shape index (κ3) is 2.79. The van der Waals surface area contributed by atoms with Crippen molar-refractivity contribution in [2.75, 3.05) is 0 Å². The topological polar surface area (TPSA) is 0 Å². The van der Waals surface area contributed by atoms with Crippen LogP contribution in [0.4, 0.5) is 26.3 Å². The van der Waals surface area contributed by atoms with E-state index in [1.54, 1.807) is 0 Å². The predicted molar refractivity (Wildman–Crippen MR) is 60.7 cm³/mol. The normalized spacial score (nSPS) is 12.5. The molecule has 105 valence electrons. The Balaban J connectivity index is 2.80. The lowest BCUT2D eigenvalue weighted by molar-refractivity contribution is -0.142. The number of hydrogen-bond donors (Lipinski definition) is 0. The Morgan fingerprint density at radius 1 is 0.750 bits per heavy atom. The average Bonchev–Trinajstić information content (AvgIpc) is 2.37. The molecule has 20 heavy (non-hydrogen) atoms. The van der Waals surface area contributed by atoms with Gasteiger partial charge in [0.15, 0.2) is 0 Å². The van der Waals surface area contributed by atoms with Crippen LogP contribution in [0.15, 0.2) is 42.5 Å². The van der Waals surface area contributed by atoms with Gasteiger partial charge in [-0.05, 0) is 17.7 Å². The molecule has 6 heteroatoms. The second-order valence-corrected chi connectivity index (χ2v) is 4.00. The minimum absolute atomic E-state index is 0.149. The van der Waals surface area contributed by atoms with Crippen molar-refractivity contribution < 1.29 is 26.3 Å². The largest absolute Gasteiger partial charge is 0.417 e. The van der Waals surface area contributed by atoms with Crippen LogP contribution in [0.25, 0.3) is 11.1 Å². The third-order valence-electron chi connectivity index (χ3n) is 2.65. The van der Waals surface area contributed by atoms with Gasteiger partial charge in [0, 0.05) is 5.56 Å². The Morgan fingerprint density at radius 3 is 1.85 bits per heavy atom. The number of hydrogen-bond acceptors (Lipinski definition) is 0. The molecule has 0 spiro atoms. The molecule has 1 radical (unpaired) electrons. The molecule has 0 atom stereocenters. The summed E-state index contributed by atoms with van der Waals surface area (Å²) in [7, 11) is 0. The quantitative estimate of drug-likeness (QED) is 0.634. The zero-order valence-electron chi connectivity index (χ0n) is 9.81. The van der Waals surface area contributed by atoms with Crippen LogP contribution in [0.3, 0.4) is 0 Å². The molecule has 0 fully saturated rings. The standard InChI is InChI=1S/C14H7F6/c15-13(16,17)10-7-4-8-11(14(18,19)20)12(10)9-5-2-1-3-6-9/h1-7H.